The molecule has 0 saturated carbocycles. The molecule has 2 aromatic carbocycles. The zero-order valence-corrected chi connectivity index (χ0v) is 19.1. The first-order valence-corrected chi connectivity index (χ1v) is 10.7. The van der Waals surface area contributed by atoms with E-state index in [1.165, 1.54) is 18.3 Å². The van der Waals surface area contributed by atoms with E-state index < -0.39 is 29.5 Å². The lowest BCUT2D eigenvalue weighted by atomic mass is 10.1. The number of anilines is 1. The molecule has 1 aliphatic heterocycles. The number of amides is 2. The number of likely N-dealkylation sites (N-methyl/N-ethyl adjacent to an activating group) is 1. The van der Waals surface area contributed by atoms with Gasteiger partial charge in [-0.2, -0.15) is 0 Å². The summed E-state index contributed by atoms with van der Waals surface area (Å²) in [5.41, 5.74) is 1.34. The number of methoxy groups -OCH3 is 1. The minimum Gasteiger partial charge on any atom is -0.489 e. The average Bonchev–Trinajstić information content (AvgIpc) is 3.28. The van der Waals surface area contributed by atoms with Crippen LogP contribution in [-0.2, 0) is 11.2 Å². The summed E-state index contributed by atoms with van der Waals surface area (Å²) in [6.07, 6.45) is 1.39. The molecule has 0 spiro atoms. The summed E-state index contributed by atoms with van der Waals surface area (Å²) in [4.78, 5) is 39.6. The number of nitrogens with one attached hydrogen (secondary N) is 2. The van der Waals surface area contributed by atoms with Crippen LogP contribution in [-0.4, -0.2) is 63.8 Å². The van der Waals surface area contributed by atoms with Gasteiger partial charge in [-0.05, 0) is 23.8 Å². The van der Waals surface area contributed by atoms with Gasteiger partial charge in [-0.25, -0.2) is 23.7 Å². The molecule has 0 fully saturated rings. The smallest absolute Gasteiger partial charge is 0.291 e. The number of halogens is 2. The van der Waals surface area contributed by atoms with Gasteiger partial charge in [0.15, 0.2) is 0 Å². The molecule has 1 aliphatic rings. The molecule has 0 radical (unpaired) electrons. The molecule has 36 heavy (non-hydrogen) atoms. The molecule has 0 aliphatic carbocycles. The highest BCUT2D eigenvalue weighted by atomic mass is 19.1. The van der Waals surface area contributed by atoms with Crippen molar-refractivity contribution in [3.63, 3.8) is 0 Å². The summed E-state index contributed by atoms with van der Waals surface area (Å²) in [7, 11) is 3.04. The average molecular weight is 495 g/mol. The van der Waals surface area contributed by atoms with Crippen molar-refractivity contribution < 1.29 is 27.8 Å². The highest BCUT2D eigenvalue weighted by Gasteiger charge is 2.32. The van der Waals surface area contributed by atoms with Crippen LogP contribution in [0.3, 0.4) is 0 Å². The SMILES string of the molecule is COc1ncnc2cc3c(cc12)N(C)C(=O)[C@@H](NC(=O)c1n[nH]c(Cc2cc(F)cc(F)c2)n1)CO3. The molecular weight excluding hydrogens is 476 g/mol. The maximum Gasteiger partial charge on any atom is 0.291 e. The predicted octanol–water partition coefficient (Wildman–Crippen LogP) is 1.78. The van der Waals surface area contributed by atoms with Gasteiger partial charge >= 0.3 is 0 Å². The fraction of sp³-hybridized carbons (Fsp3) is 0.217. The molecule has 2 N–H and O–H groups in total. The van der Waals surface area contributed by atoms with Crippen LogP contribution < -0.4 is 19.7 Å². The van der Waals surface area contributed by atoms with E-state index in [0.717, 1.165) is 18.2 Å². The molecule has 4 aromatic rings. The van der Waals surface area contributed by atoms with Crippen molar-refractivity contribution in [3.05, 3.63) is 65.5 Å². The van der Waals surface area contributed by atoms with Crippen LogP contribution >= 0.6 is 0 Å². The number of benzene rings is 2. The largest absolute Gasteiger partial charge is 0.489 e. The van der Waals surface area contributed by atoms with E-state index in [2.05, 4.69) is 30.5 Å². The first-order chi connectivity index (χ1) is 17.3. The van der Waals surface area contributed by atoms with Gasteiger partial charge in [0.25, 0.3) is 11.8 Å². The summed E-state index contributed by atoms with van der Waals surface area (Å²) in [6, 6.07) is 5.39. The zero-order valence-electron chi connectivity index (χ0n) is 19.1. The monoisotopic (exact) mass is 495 g/mol. The summed E-state index contributed by atoms with van der Waals surface area (Å²) in [5, 5.41) is 9.59. The van der Waals surface area contributed by atoms with Crippen LogP contribution in [0.25, 0.3) is 10.9 Å². The van der Waals surface area contributed by atoms with Crippen molar-refractivity contribution in [1.82, 2.24) is 30.5 Å². The molecule has 184 valence electrons. The summed E-state index contributed by atoms with van der Waals surface area (Å²) < 4.78 is 38.0. The van der Waals surface area contributed by atoms with Crippen LogP contribution in [0.5, 0.6) is 11.6 Å². The topological polar surface area (TPSA) is 135 Å². The Labute approximate surface area is 202 Å². The lowest BCUT2D eigenvalue weighted by Crippen LogP contribution is -2.49. The van der Waals surface area contributed by atoms with E-state index in [0.29, 0.717) is 33.8 Å². The summed E-state index contributed by atoms with van der Waals surface area (Å²) in [6.45, 7) is -0.143. The number of carbonyl (C=O) groups is 2. The van der Waals surface area contributed by atoms with Crippen molar-refractivity contribution in [2.75, 3.05) is 25.7 Å². The van der Waals surface area contributed by atoms with Crippen molar-refractivity contribution in [2.45, 2.75) is 12.5 Å². The number of aromatic nitrogens is 5. The fourth-order valence-electron chi connectivity index (χ4n) is 3.89. The van der Waals surface area contributed by atoms with E-state index in [1.54, 1.807) is 19.2 Å². The van der Waals surface area contributed by atoms with Crippen LogP contribution in [0.1, 0.15) is 22.0 Å². The third-order valence-electron chi connectivity index (χ3n) is 5.60. The Kier molecular flexibility index (Phi) is 5.88. The standard InChI is InChI=1S/C23H19F2N7O4/c1-32-17-7-14-15(26-10-27-22(14)35-2)8-18(17)36-9-16(23(32)34)28-21(33)20-29-19(30-31-20)5-11-3-12(24)6-13(25)4-11/h3-4,6-8,10,16H,5,9H2,1-2H3,(H,28,33)(H,29,30,31)/t16-/m0/s1. The second-order valence-corrected chi connectivity index (χ2v) is 8.01. The lowest BCUT2D eigenvalue weighted by molar-refractivity contribution is -0.120. The lowest BCUT2D eigenvalue weighted by Gasteiger charge is -2.20. The number of nitrogens with zero attached hydrogens (tertiary/aromatic N) is 5. The van der Waals surface area contributed by atoms with Gasteiger partial charge in [0.2, 0.25) is 11.7 Å². The van der Waals surface area contributed by atoms with Gasteiger partial charge in [0.1, 0.15) is 42.2 Å². The Morgan fingerprint density at radius 1 is 1.22 bits per heavy atom. The van der Waals surface area contributed by atoms with Crippen LogP contribution in [0.15, 0.2) is 36.7 Å². The highest BCUT2D eigenvalue weighted by Crippen LogP contribution is 2.36. The third kappa shape index (κ3) is 4.37. The normalized spacial score (nSPS) is 15.3. The second kappa shape index (κ2) is 9.17. The van der Waals surface area contributed by atoms with Crippen molar-refractivity contribution in [2.24, 2.45) is 0 Å². The number of H-pyrrole nitrogens is 1. The maximum absolute atomic E-state index is 13.4. The maximum atomic E-state index is 13.4. The van der Waals surface area contributed by atoms with Crippen LogP contribution in [0.4, 0.5) is 14.5 Å². The Hall–Kier alpha value is -4.68. The number of rotatable bonds is 5. The zero-order chi connectivity index (χ0) is 25.4. The van der Waals surface area contributed by atoms with Crippen LogP contribution in [0.2, 0.25) is 0 Å². The van der Waals surface area contributed by atoms with Gasteiger partial charge < -0.3 is 19.7 Å². The Morgan fingerprint density at radius 3 is 2.75 bits per heavy atom. The Bertz CT molecular complexity index is 1470. The minimum atomic E-state index is -1.04. The van der Waals surface area contributed by atoms with E-state index in [-0.39, 0.29) is 24.7 Å². The second-order valence-electron chi connectivity index (χ2n) is 8.01. The predicted molar refractivity (Wildman–Crippen MR) is 122 cm³/mol. The Balaban J connectivity index is 1.33. The molecular formula is C23H19F2N7O4. The number of ether oxygens (including phenoxy) is 2. The van der Waals surface area contributed by atoms with Crippen molar-refractivity contribution in [3.8, 4) is 11.6 Å². The fourth-order valence-corrected chi connectivity index (χ4v) is 3.89. The highest BCUT2D eigenvalue weighted by molar-refractivity contribution is 6.04. The van der Waals surface area contributed by atoms with E-state index in [1.807, 2.05) is 0 Å². The molecule has 2 aromatic heterocycles. The number of aromatic amines is 1. The first-order valence-electron chi connectivity index (χ1n) is 10.7. The molecule has 0 bridgehead atoms. The first kappa shape index (κ1) is 23.1. The molecule has 13 heteroatoms. The van der Waals surface area contributed by atoms with Gasteiger partial charge in [0.05, 0.1) is 23.7 Å². The molecule has 5 rings (SSSR count). The number of fused-ring (bicyclic) bond motifs is 2. The van der Waals surface area contributed by atoms with Gasteiger partial charge in [-0.3, -0.25) is 14.7 Å². The van der Waals surface area contributed by atoms with Gasteiger partial charge in [0, 0.05) is 25.6 Å². The molecule has 11 nitrogen and oxygen atoms in total. The third-order valence-corrected chi connectivity index (χ3v) is 5.60. The van der Waals surface area contributed by atoms with E-state index in [9.17, 15) is 18.4 Å². The van der Waals surface area contributed by atoms with Gasteiger partial charge in [-0.1, -0.05) is 0 Å². The molecule has 0 saturated heterocycles. The Morgan fingerprint density at radius 2 is 2.00 bits per heavy atom. The van der Waals surface area contributed by atoms with Crippen molar-refractivity contribution in [1.29, 1.82) is 0 Å². The van der Waals surface area contributed by atoms with Crippen LogP contribution in [0, 0.1) is 11.6 Å². The van der Waals surface area contributed by atoms with Crippen molar-refractivity contribution >= 4 is 28.4 Å². The van der Waals surface area contributed by atoms with E-state index in [4.69, 9.17) is 9.47 Å². The molecule has 2 amide bonds. The number of hydrogen-bond donors (Lipinski definition) is 2. The number of carbonyl (C=O) groups excluding carboxylic acids is 2. The minimum absolute atomic E-state index is 0.0262. The summed E-state index contributed by atoms with van der Waals surface area (Å²) in [5.74, 6) is -1.86. The van der Waals surface area contributed by atoms with Gasteiger partial charge in [-0.15, -0.1) is 5.10 Å². The molecule has 0 unspecified atom stereocenters. The molecule has 3 heterocycles. The quantitative estimate of drug-likeness (QED) is 0.428. The summed E-state index contributed by atoms with van der Waals surface area (Å²) >= 11 is 0. The molecule has 1 atom stereocenters. The number of hydrogen-bond acceptors (Lipinski definition) is 8. The van der Waals surface area contributed by atoms with E-state index >= 15 is 0 Å².